The van der Waals surface area contributed by atoms with Crippen molar-refractivity contribution in [3.05, 3.63) is 60.2 Å². The molecule has 0 bridgehead atoms. The SMILES string of the molecule is CC1CCN(CCCNC(=O)c2ccccc2OCCOc2ccccc2)CC1. The number of piperidine rings is 1. The van der Waals surface area contributed by atoms with Crippen LogP contribution in [0.5, 0.6) is 11.5 Å². The van der Waals surface area contributed by atoms with Crippen molar-refractivity contribution in [2.75, 3.05) is 39.4 Å². The Morgan fingerprint density at radius 1 is 1.00 bits per heavy atom. The molecule has 1 N–H and O–H groups in total. The third-order valence-corrected chi connectivity index (χ3v) is 5.30. The fourth-order valence-corrected chi connectivity index (χ4v) is 3.49. The highest BCUT2D eigenvalue weighted by atomic mass is 16.5. The Bertz CT molecular complexity index is 743. The fraction of sp³-hybridized carbons (Fsp3) is 0.458. The van der Waals surface area contributed by atoms with Gasteiger partial charge in [0, 0.05) is 6.54 Å². The van der Waals surface area contributed by atoms with Gasteiger partial charge < -0.3 is 19.7 Å². The highest BCUT2D eigenvalue weighted by molar-refractivity contribution is 5.96. The van der Waals surface area contributed by atoms with Crippen LogP contribution in [0.4, 0.5) is 0 Å². The molecular formula is C24H32N2O3. The Morgan fingerprint density at radius 3 is 2.48 bits per heavy atom. The standard InChI is InChI=1S/C24H32N2O3/c1-20-12-16-26(17-13-20)15-7-14-25-24(27)22-10-5-6-11-23(22)29-19-18-28-21-8-3-2-4-9-21/h2-6,8-11,20H,7,12-19H2,1H3,(H,25,27). The van der Waals surface area contributed by atoms with E-state index >= 15 is 0 Å². The molecule has 29 heavy (non-hydrogen) atoms. The Hall–Kier alpha value is -2.53. The fourth-order valence-electron chi connectivity index (χ4n) is 3.49. The minimum Gasteiger partial charge on any atom is -0.490 e. The number of nitrogens with one attached hydrogen (secondary N) is 1. The van der Waals surface area contributed by atoms with Gasteiger partial charge in [-0.05, 0) is 69.1 Å². The maximum atomic E-state index is 12.6. The first-order valence-electron chi connectivity index (χ1n) is 10.6. The average molecular weight is 397 g/mol. The van der Waals surface area contributed by atoms with Gasteiger partial charge >= 0.3 is 0 Å². The first kappa shape index (κ1) is 21.2. The molecular weight excluding hydrogens is 364 g/mol. The number of nitrogens with zero attached hydrogens (tertiary/aromatic N) is 1. The first-order valence-corrected chi connectivity index (χ1v) is 10.6. The molecule has 0 radical (unpaired) electrons. The third kappa shape index (κ3) is 7.09. The van der Waals surface area contributed by atoms with Gasteiger partial charge in [0.05, 0.1) is 5.56 Å². The average Bonchev–Trinajstić information content (AvgIpc) is 2.76. The Morgan fingerprint density at radius 2 is 1.69 bits per heavy atom. The van der Waals surface area contributed by atoms with Gasteiger partial charge in [-0.1, -0.05) is 37.3 Å². The monoisotopic (exact) mass is 396 g/mol. The lowest BCUT2D eigenvalue weighted by Gasteiger charge is -2.30. The molecule has 0 saturated carbocycles. The van der Waals surface area contributed by atoms with Gasteiger partial charge in [0.15, 0.2) is 0 Å². The molecule has 0 aliphatic carbocycles. The molecule has 1 amide bonds. The van der Waals surface area contributed by atoms with Gasteiger partial charge in [-0.2, -0.15) is 0 Å². The van der Waals surface area contributed by atoms with Crippen molar-refractivity contribution in [1.82, 2.24) is 10.2 Å². The number of para-hydroxylation sites is 2. The number of benzene rings is 2. The second-order valence-corrected chi connectivity index (χ2v) is 7.64. The van der Waals surface area contributed by atoms with Crippen molar-refractivity contribution >= 4 is 5.91 Å². The van der Waals surface area contributed by atoms with Crippen LogP contribution >= 0.6 is 0 Å². The van der Waals surface area contributed by atoms with Crippen molar-refractivity contribution in [2.24, 2.45) is 5.92 Å². The van der Waals surface area contributed by atoms with Gasteiger partial charge in [0.1, 0.15) is 24.7 Å². The van der Waals surface area contributed by atoms with E-state index in [1.807, 2.05) is 48.5 Å². The minimum atomic E-state index is -0.0863. The number of carbonyl (C=O) groups excluding carboxylic acids is 1. The van der Waals surface area contributed by atoms with Gasteiger partial charge in [0.2, 0.25) is 0 Å². The second kappa shape index (κ2) is 11.5. The van der Waals surface area contributed by atoms with Gasteiger partial charge in [0.25, 0.3) is 5.91 Å². The topological polar surface area (TPSA) is 50.8 Å². The van der Waals surface area contributed by atoms with Crippen molar-refractivity contribution in [3.63, 3.8) is 0 Å². The van der Waals surface area contributed by atoms with E-state index in [1.54, 1.807) is 6.07 Å². The van der Waals surface area contributed by atoms with Crippen LogP contribution in [0.25, 0.3) is 0 Å². The van der Waals surface area contributed by atoms with E-state index in [4.69, 9.17) is 9.47 Å². The molecule has 1 fully saturated rings. The van der Waals surface area contributed by atoms with Crippen molar-refractivity contribution in [1.29, 1.82) is 0 Å². The van der Waals surface area contributed by atoms with Gasteiger partial charge in [-0.25, -0.2) is 0 Å². The lowest BCUT2D eigenvalue weighted by molar-refractivity contribution is 0.0945. The number of rotatable bonds is 10. The zero-order valence-electron chi connectivity index (χ0n) is 17.3. The van der Waals surface area contributed by atoms with Crippen molar-refractivity contribution < 1.29 is 14.3 Å². The molecule has 0 aromatic heterocycles. The highest BCUT2D eigenvalue weighted by Gasteiger charge is 2.15. The molecule has 0 unspecified atom stereocenters. The summed E-state index contributed by atoms with van der Waals surface area (Å²) in [6.45, 7) is 7.21. The van der Waals surface area contributed by atoms with Crippen LogP contribution in [-0.2, 0) is 0 Å². The number of hydrogen-bond acceptors (Lipinski definition) is 4. The summed E-state index contributed by atoms with van der Waals surface area (Å²) in [4.78, 5) is 15.1. The molecule has 0 spiro atoms. The molecule has 1 aliphatic rings. The maximum absolute atomic E-state index is 12.6. The predicted octanol–water partition coefficient (Wildman–Crippen LogP) is 4.00. The lowest BCUT2D eigenvalue weighted by Crippen LogP contribution is -2.35. The summed E-state index contributed by atoms with van der Waals surface area (Å²) in [6, 6.07) is 17.0. The molecule has 1 heterocycles. The minimum absolute atomic E-state index is 0.0863. The van der Waals surface area contributed by atoms with E-state index < -0.39 is 0 Å². The van der Waals surface area contributed by atoms with Crippen LogP contribution < -0.4 is 14.8 Å². The molecule has 3 rings (SSSR count). The maximum Gasteiger partial charge on any atom is 0.255 e. The zero-order chi connectivity index (χ0) is 20.3. The number of amides is 1. The van der Waals surface area contributed by atoms with E-state index in [2.05, 4.69) is 17.1 Å². The normalized spacial score (nSPS) is 15.1. The number of ether oxygens (including phenoxy) is 2. The van der Waals surface area contributed by atoms with Crippen molar-refractivity contribution in [3.8, 4) is 11.5 Å². The molecule has 5 nitrogen and oxygen atoms in total. The summed E-state index contributed by atoms with van der Waals surface area (Å²) in [5, 5.41) is 3.03. The molecule has 5 heteroatoms. The second-order valence-electron chi connectivity index (χ2n) is 7.64. The smallest absolute Gasteiger partial charge is 0.255 e. The Balaban J connectivity index is 1.38. The van der Waals surface area contributed by atoms with E-state index in [9.17, 15) is 4.79 Å². The van der Waals surface area contributed by atoms with E-state index in [-0.39, 0.29) is 5.91 Å². The zero-order valence-corrected chi connectivity index (χ0v) is 17.3. The lowest BCUT2D eigenvalue weighted by atomic mass is 9.99. The first-order chi connectivity index (χ1) is 14.2. The summed E-state index contributed by atoms with van der Waals surface area (Å²) >= 11 is 0. The van der Waals surface area contributed by atoms with Crippen LogP contribution in [0.15, 0.2) is 54.6 Å². The summed E-state index contributed by atoms with van der Waals surface area (Å²) in [5.74, 6) is 2.16. The Kier molecular flexibility index (Phi) is 8.38. The number of likely N-dealkylation sites (tertiary alicyclic amines) is 1. The van der Waals surface area contributed by atoms with Gasteiger partial charge in [-0.3, -0.25) is 4.79 Å². The molecule has 1 aliphatic heterocycles. The van der Waals surface area contributed by atoms with Crippen LogP contribution in [-0.4, -0.2) is 50.2 Å². The highest BCUT2D eigenvalue weighted by Crippen LogP contribution is 2.18. The molecule has 2 aromatic rings. The van der Waals surface area contributed by atoms with E-state index in [0.717, 1.165) is 24.6 Å². The molecule has 156 valence electrons. The van der Waals surface area contributed by atoms with Crippen molar-refractivity contribution in [2.45, 2.75) is 26.2 Å². The molecule has 2 aromatic carbocycles. The summed E-state index contributed by atoms with van der Waals surface area (Å²) in [5.41, 5.74) is 0.569. The quantitative estimate of drug-likeness (QED) is 0.617. The third-order valence-electron chi connectivity index (χ3n) is 5.30. The summed E-state index contributed by atoms with van der Waals surface area (Å²) in [7, 11) is 0. The predicted molar refractivity (Wildman–Crippen MR) is 116 cm³/mol. The van der Waals surface area contributed by atoms with Gasteiger partial charge in [-0.15, -0.1) is 0 Å². The number of carbonyl (C=O) groups is 1. The largest absolute Gasteiger partial charge is 0.490 e. The van der Waals surface area contributed by atoms with Crippen LogP contribution in [0.2, 0.25) is 0 Å². The summed E-state index contributed by atoms with van der Waals surface area (Å²) in [6.07, 6.45) is 3.53. The summed E-state index contributed by atoms with van der Waals surface area (Å²) < 4.78 is 11.4. The van der Waals surface area contributed by atoms with E-state index in [1.165, 1.54) is 25.9 Å². The van der Waals surface area contributed by atoms with Crippen LogP contribution in [0, 0.1) is 5.92 Å². The van der Waals surface area contributed by atoms with E-state index in [0.29, 0.717) is 31.1 Å². The van der Waals surface area contributed by atoms with Crippen LogP contribution in [0.1, 0.15) is 36.5 Å². The number of hydrogen-bond donors (Lipinski definition) is 1. The molecule has 1 saturated heterocycles. The molecule has 0 atom stereocenters. The Labute approximate surface area is 174 Å². The van der Waals surface area contributed by atoms with Crippen LogP contribution in [0.3, 0.4) is 0 Å².